The number of nitrogens with one attached hydrogen (secondary N) is 2. The lowest BCUT2D eigenvalue weighted by Crippen LogP contribution is -2.36. The van der Waals surface area contributed by atoms with Gasteiger partial charge in [-0.1, -0.05) is 19.3 Å². The molecule has 0 aromatic carbocycles. The summed E-state index contributed by atoms with van der Waals surface area (Å²) in [4.78, 5) is 23.5. The molecule has 0 spiro atoms. The molecule has 2 aromatic rings. The Morgan fingerprint density at radius 3 is 2.83 bits per heavy atom. The number of hydrogen-bond acceptors (Lipinski definition) is 3. The molecule has 1 amide bonds. The highest BCUT2D eigenvalue weighted by Gasteiger charge is 2.19. The van der Waals surface area contributed by atoms with Crippen LogP contribution in [0.4, 0.5) is 0 Å². The van der Waals surface area contributed by atoms with Crippen LogP contribution in [0.3, 0.4) is 0 Å². The molecule has 5 heteroatoms. The number of carbonyl (C=O) groups excluding carboxylic acids is 1. The van der Waals surface area contributed by atoms with E-state index in [0.717, 1.165) is 12.8 Å². The number of hydrogen-bond donors (Lipinski definition) is 2. The Labute approximate surface area is 105 Å². The molecule has 1 aliphatic carbocycles. The van der Waals surface area contributed by atoms with Crippen LogP contribution in [-0.4, -0.2) is 26.9 Å². The summed E-state index contributed by atoms with van der Waals surface area (Å²) in [6.45, 7) is 0. The van der Waals surface area contributed by atoms with E-state index in [1.54, 1.807) is 18.6 Å². The van der Waals surface area contributed by atoms with Crippen molar-refractivity contribution in [3.05, 3.63) is 24.2 Å². The molecular weight excluding hydrogens is 228 g/mol. The summed E-state index contributed by atoms with van der Waals surface area (Å²) in [5.41, 5.74) is 1.89. The summed E-state index contributed by atoms with van der Waals surface area (Å²) in [6.07, 6.45) is 10.8. The number of H-pyrrole nitrogens is 1. The van der Waals surface area contributed by atoms with E-state index in [1.807, 2.05) is 0 Å². The van der Waals surface area contributed by atoms with E-state index >= 15 is 0 Å². The predicted molar refractivity (Wildman–Crippen MR) is 68.2 cm³/mol. The number of rotatable bonds is 2. The Morgan fingerprint density at radius 1 is 1.22 bits per heavy atom. The summed E-state index contributed by atoms with van der Waals surface area (Å²) in [7, 11) is 0. The van der Waals surface area contributed by atoms with Crippen molar-refractivity contribution in [3.63, 3.8) is 0 Å². The van der Waals surface area contributed by atoms with Gasteiger partial charge in [-0.3, -0.25) is 9.78 Å². The molecule has 94 valence electrons. The van der Waals surface area contributed by atoms with Gasteiger partial charge in [0, 0.05) is 24.6 Å². The number of amides is 1. The molecule has 2 aromatic heterocycles. The van der Waals surface area contributed by atoms with E-state index in [9.17, 15) is 4.79 Å². The lowest BCUT2D eigenvalue weighted by atomic mass is 9.95. The minimum absolute atomic E-state index is 0.0475. The van der Waals surface area contributed by atoms with E-state index in [-0.39, 0.29) is 5.91 Å². The van der Waals surface area contributed by atoms with Gasteiger partial charge in [0.1, 0.15) is 5.52 Å². The van der Waals surface area contributed by atoms with Crippen molar-refractivity contribution in [1.29, 1.82) is 0 Å². The average molecular weight is 244 g/mol. The standard InChI is InChI=1S/C13H16N4O/c18-13(17-9-4-2-1-3-5-9)10-8-16-12-11(10)14-6-7-15-12/h6-9H,1-5H2,(H,15,16)(H,17,18). The lowest BCUT2D eigenvalue weighted by molar-refractivity contribution is 0.0929. The van der Waals surface area contributed by atoms with Gasteiger partial charge in [-0.15, -0.1) is 0 Å². The monoisotopic (exact) mass is 244 g/mol. The molecule has 18 heavy (non-hydrogen) atoms. The van der Waals surface area contributed by atoms with Crippen LogP contribution >= 0.6 is 0 Å². The molecule has 0 bridgehead atoms. The van der Waals surface area contributed by atoms with Crippen molar-refractivity contribution in [2.45, 2.75) is 38.1 Å². The smallest absolute Gasteiger partial charge is 0.255 e. The Hall–Kier alpha value is -1.91. The summed E-state index contributed by atoms with van der Waals surface area (Å²) in [6, 6.07) is 0.313. The van der Waals surface area contributed by atoms with Crippen molar-refractivity contribution in [3.8, 4) is 0 Å². The fraction of sp³-hybridized carbons (Fsp3) is 0.462. The maximum atomic E-state index is 12.2. The normalized spacial score (nSPS) is 16.9. The van der Waals surface area contributed by atoms with E-state index in [2.05, 4.69) is 20.3 Å². The first kappa shape index (κ1) is 11.2. The summed E-state index contributed by atoms with van der Waals surface area (Å²) < 4.78 is 0. The Bertz CT molecular complexity index is 557. The number of fused-ring (bicyclic) bond motifs is 1. The zero-order valence-electron chi connectivity index (χ0n) is 10.1. The van der Waals surface area contributed by atoms with Gasteiger partial charge in [0.25, 0.3) is 5.91 Å². The van der Waals surface area contributed by atoms with Gasteiger partial charge in [0.05, 0.1) is 5.56 Å². The van der Waals surface area contributed by atoms with Crippen LogP contribution in [-0.2, 0) is 0 Å². The second-order valence-electron chi connectivity index (χ2n) is 4.76. The molecule has 3 rings (SSSR count). The molecule has 0 atom stereocenters. The van der Waals surface area contributed by atoms with Gasteiger partial charge >= 0.3 is 0 Å². The fourth-order valence-electron chi connectivity index (χ4n) is 2.53. The molecule has 2 N–H and O–H groups in total. The van der Waals surface area contributed by atoms with Crippen molar-refractivity contribution in [2.75, 3.05) is 0 Å². The van der Waals surface area contributed by atoms with Crippen molar-refractivity contribution < 1.29 is 4.79 Å². The molecule has 0 saturated heterocycles. The van der Waals surface area contributed by atoms with E-state index in [1.165, 1.54) is 19.3 Å². The maximum absolute atomic E-state index is 12.2. The van der Waals surface area contributed by atoms with Gasteiger partial charge in [-0.05, 0) is 12.8 Å². The third-order valence-corrected chi connectivity index (χ3v) is 3.49. The Kier molecular flexibility index (Phi) is 2.96. The third-order valence-electron chi connectivity index (χ3n) is 3.49. The van der Waals surface area contributed by atoms with Crippen LogP contribution in [0, 0.1) is 0 Å². The first-order valence-electron chi connectivity index (χ1n) is 6.43. The van der Waals surface area contributed by atoms with Crippen LogP contribution in [0.5, 0.6) is 0 Å². The molecule has 2 heterocycles. The second-order valence-corrected chi connectivity index (χ2v) is 4.76. The Balaban J connectivity index is 1.79. The lowest BCUT2D eigenvalue weighted by Gasteiger charge is -2.22. The SMILES string of the molecule is O=C(NC1CCCCC1)c1c[nH]c2nccnc12. The third kappa shape index (κ3) is 2.08. The molecule has 0 radical (unpaired) electrons. The summed E-state index contributed by atoms with van der Waals surface area (Å²) in [5.74, 6) is -0.0475. The van der Waals surface area contributed by atoms with Crippen LogP contribution in [0.1, 0.15) is 42.5 Å². The number of aromatic nitrogens is 3. The first-order chi connectivity index (χ1) is 8.84. The average Bonchev–Trinajstić information content (AvgIpc) is 2.84. The van der Waals surface area contributed by atoms with Gasteiger partial charge < -0.3 is 10.3 Å². The van der Waals surface area contributed by atoms with Gasteiger partial charge in [0.2, 0.25) is 0 Å². The highest BCUT2D eigenvalue weighted by molar-refractivity contribution is 6.04. The zero-order chi connectivity index (χ0) is 12.4. The van der Waals surface area contributed by atoms with Gasteiger partial charge in [-0.2, -0.15) is 0 Å². The molecule has 1 aliphatic rings. The fourth-order valence-corrected chi connectivity index (χ4v) is 2.53. The molecule has 0 aliphatic heterocycles. The topological polar surface area (TPSA) is 70.7 Å². The zero-order valence-corrected chi connectivity index (χ0v) is 10.1. The molecule has 0 unspecified atom stereocenters. The Morgan fingerprint density at radius 2 is 2.00 bits per heavy atom. The maximum Gasteiger partial charge on any atom is 0.255 e. The minimum Gasteiger partial charge on any atom is -0.349 e. The number of carbonyl (C=O) groups is 1. The van der Waals surface area contributed by atoms with Gasteiger partial charge in [-0.25, -0.2) is 4.98 Å². The first-order valence-corrected chi connectivity index (χ1v) is 6.43. The number of nitrogens with zero attached hydrogens (tertiary/aromatic N) is 2. The minimum atomic E-state index is -0.0475. The highest BCUT2D eigenvalue weighted by Crippen LogP contribution is 2.19. The predicted octanol–water partition coefficient (Wildman–Crippen LogP) is 2.02. The largest absolute Gasteiger partial charge is 0.349 e. The van der Waals surface area contributed by atoms with Crippen molar-refractivity contribution in [2.24, 2.45) is 0 Å². The van der Waals surface area contributed by atoms with E-state index in [4.69, 9.17) is 0 Å². The quantitative estimate of drug-likeness (QED) is 0.849. The van der Waals surface area contributed by atoms with Crippen LogP contribution < -0.4 is 5.32 Å². The molecule has 5 nitrogen and oxygen atoms in total. The molecular formula is C13H16N4O. The van der Waals surface area contributed by atoms with Crippen LogP contribution in [0.15, 0.2) is 18.6 Å². The van der Waals surface area contributed by atoms with Gasteiger partial charge in [0.15, 0.2) is 5.65 Å². The highest BCUT2D eigenvalue weighted by atomic mass is 16.1. The van der Waals surface area contributed by atoms with E-state index < -0.39 is 0 Å². The van der Waals surface area contributed by atoms with E-state index in [0.29, 0.717) is 22.8 Å². The van der Waals surface area contributed by atoms with Crippen molar-refractivity contribution in [1.82, 2.24) is 20.3 Å². The van der Waals surface area contributed by atoms with Crippen LogP contribution in [0.25, 0.3) is 11.2 Å². The summed E-state index contributed by atoms with van der Waals surface area (Å²) in [5, 5.41) is 3.09. The summed E-state index contributed by atoms with van der Waals surface area (Å²) >= 11 is 0. The second kappa shape index (κ2) is 4.76. The van der Waals surface area contributed by atoms with Crippen molar-refractivity contribution >= 4 is 17.1 Å². The molecule has 1 saturated carbocycles. The van der Waals surface area contributed by atoms with Crippen LogP contribution in [0.2, 0.25) is 0 Å². The number of aromatic amines is 1. The molecule has 1 fully saturated rings.